The molecule has 2 atom stereocenters. The lowest BCUT2D eigenvalue weighted by Gasteiger charge is -2.35. The summed E-state index contributed by atoms with van der Waals surface area (Å²) in [6, 6.07) is 5.47. The Morgan fingerprint density at radius 3 is 2.93 bits per heavy atom. The predicted molar refractivity (Wildman–Crippen MR) is 58.4 cm³/mol. The van der Waals surface area contributed by atoms with Crippen LogP contribution < -0.4 is 0 Å². The minimum Gasteiger partial charge on any atom is -0.389 e. The van der Waals surface area contributed by atoms with Gasteiger partial charge in [0.05, 0.1) is 6.10 Å². The van der Waals surface area contributed by atoms with Gasteiger partial charge in [0, 0.05) is 10.0 Å². The summed E-state index contributed by atoms with van der Waals surface area (Å²) in [6.07, 6.45) is 0.465. The van der Waals surface area contributed by atoms with Crippen molar-refractivity contribution in [3.63, 3.8) is 0 Å². The number of aliphatic hydroxyl groups is 2. The molecular formula is C11H11BrO3. The zero-order chi connectivity index (χ0) is 11.1. The Bertz CT molecular complexity index is 405. The molecule has 1 aromatic rings. The number of aldehydes is 1. The Balaban J connectivity index is 2.66. The minimum absolute atomic E-state index is 0.401. The van der Waals surface area contributed by atoms with Crippen LogP contribution in [0.2, 0.25) is 0 Å². The van der Waals surface area contributed by atoms with E-state index < -0.39 is 11.7 Å². The molecule has 1 aromatic carbocycles. The molecule has 2 unspecified atom stereocenters. The third kappa shape index (κ3) is 1.53. The van der Waals surface area contributed by atoms with E-state index in [1.54, 1.807) is 6.07 Å². The van der Waals surface area contributed by atoms with Gasteiger partial charge in [-0.15, -0.1) is 0 Å². The fourth-order valence-electron chi connectivity index (χ4n) is 2.04. The second-order valence-electron chi connectivity index (χ2n) is 3.77. The third-order valence-corrected chi connectivity index (χ3v) is 3.54. The van der Waals surface area contributed by atoms with E-state index in [0.717, 1.165) is 5.56 Å². The van der Waals surface area contributed by atoms with Crippen LogP contribution in [-0.2, 0) is 16.8 Å². The number of hydrogen-bond acceptors (Lipinski definition) is 3. The average molecular weight is 271 g/mol. The lowest BCUT2D eigenvalue weighted by atomic mass is 9.78. The molecule has 1 aliphatic carbocycles. The number of carbonyl (C=O) groups excluding carboxylic acids is 1. The summed E-state index contributed by atoms with van der Waals surface area (Å²) in [5.41, 5.74) is -0.365. The number of aliphatic hydroxyl groups excluding tert-OH is 1. The van der Waals surface area contributed by atoms with Crippen LogP contribution in [-0.4, -0.2) is 22.6 Å². The lowest BCUT2D eigenvalue weighted by molar-refractivity contribution is -0.141. The van der Waals surface area contributed by atoms with Crippen LogP contribution in [0.3, 0.4) is 0 Å². The first-order valence-corrected chi connectivity index (χ1v) is 5.53. The summed E-state index contributed by atoms with van der Waals surface area (Å²) in [5.74, 6) is 0. The smallest absolute Gasteiger partial charge is 0.172 e. The number of aryl methyl sites for hydroxylation is 1. The van der Waals surface area contributed by atoms with Crippen LogP contribution in [0, 0.1) is 0 Å². The van der Waals surface area contributed by atoms with Gasteiger partial charge < -0.3 is 10.2 Å². The van der Waals surface area contributed by atoms with Gasteiger partial charge in [-0.05, 0) is 24.5 Å². The molecule has 0 radical (unpaired) electrons. The van der Waals surface area contributed by atoms with E-state index in [2.05, 4.69) is 15.9 Å². The molecule has 15 heavy (non-hydrogen) atoms. The van der Waals surface area contributed by atoms with Gasteiger partial charge in [-0.3, -0.25) is 4.79 Å². The van der Waals surface area contributed by atoms with E-state index in [0.29, 0.717) is 29.2 Å². The van der Waals surface area contributed by atoms with Crippen molar-refractivity contribution in [2.45, 2.75) is 24.5 Å². The fraction of sp³-hybridized carbons (Fsp3) is 0.364. The number of benzene rings is 1. The lowest BCUT2D eigenvalue weighted by Crippen LogP contribution is -2.45. The molecule has 0 aliphatic heterocycles. The molecule has 0 aromatic heterocycles. The molecule has 1 aliphatic rings. The molecule has 0 saturated carbocycles. The monoisotopic (exact) mass is 270 g/mol. The average Bonchev–Trinajstić information content (AvgIpc) is 2.23. The van der Waals surface area contributed by atoms with Crippen LogP contribution >= 0.6 is 15.9 Å². The molecule has 80 valence electrons. The highest BCUT2D eigenvalue weighted by atomic mass is 79.9. The van der Waals surface area contributed by atoms with Gasteiger partial charge in [0.1, 0.15) is 0 Å². The van der Waals surface area contributed by atoms with Crippen LogP contribution in [0.1, 0.15) is 17.5 Å². The maximum atomic E-state index is 11.0. The van der Waals surface area contributed by atoms with Crippen molar-refractivity contribution in [2.24, 2.45) is 0 Å². The van der Waals surface area contributed by atoms with Gasteiger partial charge in [-0.25, -0.2) is 0 Å². The Kier molecular flexibility index (Phi) is 2.66. The predicted octanol–water partition coefficient (Wildman–Crippen LogP) is 1.14. The highest BCUT2D eigenvalue weighted by Crippen LogP contribution is 2.38. The van der Waals surface area contributed by atoms with E-state index in [9.17, 15) is 15.0 Å². The molecule has 0 amide bonds. The molecule has 0 heterocycles. The molecule has 2 N–H and O–H groups in total. The Morgan fingerprint density at radius 1 is 1.53 bits per heavy atom. The number of halogens is 1. The standard InChI is InChI=1S/C11H11BrO3/c12-8-3-1-2-7-4-5-9(14)11(15,6-13)10(7)8/h1-3,6,9,14-15H,4-5H2. The fourth-order valence-corrected chi connectivity index (χ4v) is 2.77. The van der Waals surface area contributed by atoms with E-state index >= 15 is 0 Å². The quantitative estimate of drug-likeness (QED) is 0.753. The molecule has 2 rings (SSSR count). The first-order chi connectivity index (χ1) is 7.09. The number of fused-ring (bicyclic) bond motifs is 1. The summed E-state index contributed by atoms with van der Waals surface area (Å²) >= 11 is 3.30. The molecule has 0 bridgehead atoms. The SMILES string of the molecule is O=CC1(O)c2c(Br)cccc2CCC1O. The van der Waals surface area contributed by atoms with Crippen LogP contribution in [0.4, 0.5) is 0 Å². The van der Waals surface area contributed by atoms with Gasteiger partial charge in [-0.2, -0.15) is 0 Å². The maximum absolute atomic E-state index is 11.0. The van der Waals surface area contributed by atoms with E-state index in [4.69, 9.17) is 0 Å². The third-order valence-electron chi connectivity index (χ3n) is 2.88. The molecular weight excluding hydrogens is 260 g/mol. The minimum atomic E-state index is -1.77. The zero-order valence-electron chi connectivity index (χ0n) is 7.98. The summed E-state index contributed by atoms with van der Waals surface area (Å²) in [4.78, 5) is 11.0. The second kappa shape index (κ2) is 3.70. The second-order valence-corrected chi connectivity index (χ2v) is 4.63. The van der Waals surface area contributed by atoms with Crippen molar-refractivity contribution in [1.82, 2.24) is 0 Å². The van der Waals surface area contributed by atoms with Crippen molar-refractivity contribution < 1.29 is 15.0 Å². The summed E-state index contributed by atoms with van der Waals surface area (Å²) in [5, 5.41) is 19.8. The van der Waals surface area contributed by atoms with Crippen LogP contribution in [0.25, 0.3) is 0 Å². The number of hydrogen-bond donors (Lipinski definition) is 2. The van der Waals surface area contributed by atoms with E-state index in [-0.39, 0.29) is 0 Å². The van der Waals surface area contributed by atoms with Crippen LogP contribution in [0.5, 0.6) is 0 Å². The number of carbonyl (C=O) groups is 1. The molecule has 0 saturated heterocycles. The molecule has 0 spiro atoms. The largest absolute Gasteiger partial charge is 0.389 e. The van der Waals surface area contributed by atoms with Crippen molar-refractivity contribution in [3.05, 3.63) is 33.8 Å². The highest BCUT2D eigenvalue weighted by Gasteiger charge is 2.43. The highest BCUT2D eigenvalue weighted by molar-refractivity contribution is 9.10. The van der Waals surface area contributed by atoms with Gasteiger partial charge in [-0.1, -0.05) is 28.1 Å². The van der Waals surface area contributed by atoms with Gasteiger partial charge in [0.15, 0.2) is 11.9 Å². The van der Waals surface area contributed by atoms with Crippen molar-refractivity contribution >= 4 is 22.2 Å². The van der Waals surface area contributed by atoms with Gasteiger partial charge >= 0.3 is 0 Å². The topological polar surface area (TPSA) is 57.5 Å². The number of rotatable bonds is 1. The van der Waals surface area contributed by atoms with Crippen molar-refractivity contribution in [2.75, 3.05) is 0 Å². The zero-order valence-corrected chi connectivity index (χ0v) is 9.57. The first kappa shape index (κ1) is 10.8. The first-order valence-electron chi connectivity index (χ1n) is 4.74. The maximum Gasteiger partial charge on any atom is 0.172 e. The summed E-state index contributed by atoms with van der Waals surface area (Å²) in [7, 11) is 0. The molecule has 3 nitrogen and oxygen atoms in total. The van der Waals surface area contributed by atoms with E-state index in [1.165, 1.54) is 0 Å². The Hall–Kier alpha value is -0.710. The summed E-state index contributed by atoms with van der Waals surface area (Å²) in [6.45, 7) is 0. The molecule has 0 fully saturated rings. The van der Waals surface area contributed by atoms with Crippen LogP contribution in [0.15, 0.2) is 22.7 Å². The van der Waals surface area contributed by atoms with Crippen molar-refractivity contribution in [1.29, 1.82) is 0 Å². The van der Waals surface area contributed by atoms with E-state index in [1.807, 2.05) is 12.1 Å². The van der Waals surface area contributed by atoms with Gasteiger partial charge in [0.25, 0.3) is 0 Å². The normalized spacial score (nSPS) is 29.7. The van der Waals surface area contributed by atoms with Crippen molar-refractivity contribution in [3.8, 4) is 0 Å². The summed E-state index contributed by atoms with van der Waals surface area (Å²) < 4.78 is 0.661. The molecule has 4 heteroatoms. The van der Waals surface area contributed by atoms with Gasteiger partial charge in [0.2, 0.25) is 0 Å². The Labute approximate surface area is 95.9 Å². The Morgan fingerprint density at radius 2 is 2.27 bits per heavy atom.